The Morgan fingerprint density at radius 2 is 2.11 bits per heavy atom. The van der Waals surface area contributed by atoms with Crippen LogP contribution in [0.1, 0.15) is 47.4 Å². The predicted molar refractivity (Wildman–Crippen MR) is 76.5 cm³/mol. The Bertz CT molecular complexity index is 457. The molecule has 1 aliphatic carbocycles. The van der Waals surface area contributed by atoms with Gasteiger partial charge in [0.25, 0.3) is 0 Å². The fraction of sp³-hybridized carbons (Fsp3) is 0.667. The first-order chi connectivity index (χ1) is 8.75. The Morgan fingerprint density at radius 1 is 1.33 bits per heavy atom. The van der Waals surface area contributed by atoms with Crippen LogP contribution in [-0.2, 0) is 13.0 Å². The van der Waals surface area contributed by atoms with Crippen LogP contribution in [0.25, 0.3) is 0 Å². The van der Waals surface area contributed by atoms with Crippen molar-refractivity contribution in [2.75, 3.05) is 11.5 Å². The van der Waals surface area contributed by atoms with Gasteiger partial charge in [0.2, 0.25) is 0 Å². The van der Waals surface area contributed by atoms with Crippen molar-refractivity contribution in [2.24, 2.45) is 5.92 Å². The number of nitrogens with zero attached hydrogens (tertiary/aromatic N) is 1. The van der Waals surface area contributed by atoms with E-state index in [4.69, 9.17) is 0 Å². The zero-order valence-corrected chi connectivity index (χ0v) is 11.9. The minimum Gasteiger partial charge on any atom is -0.348 e. The van der Waals surface area contributed by atoms with E-state index in [2.05, 4.69) is 29.3 Å². The summed E-state index contributed by atoms with van der Waals surface area (Å²) in [5, 5.41) is 0. The quantitative estimate of drug-likeness (QED) is 0.815. The van der Waals surface area contributed by atoms with Crippen molar-refractivity contribution in [3.8, 4) is 0 Å². The van der Waals surface area contributed by atoms with Gasteiger partial charge in [0.1, 0.15) is 0 Å². The molecule has 1 aliphatic heterocycles. The minimum atomic E-state index is 0.359. The SMILES string of the molecule is Cc1cc2c(n1CC1CCSCC1)CCCC2=O. The first-order valence-corrected chi connectivity index (χ1v) is 8.21. The standard InChI is InChI=1S/C15H21NOS/c1-11-9-13-14(3-2-4-15(13)17)16(11)10-12-5-7-18-8-6-12/h9,12H,2-8,10H2,1H3. The molecule has 0 aromatic carbocycles. The second-order valence-electron chi connectivity index (χ2n) is 5.59. The van der Waals surface area contributed by atoms with Crippen molar-refractivity contribution < 1.29 is 4.79 Å². The highest BCUT2D eigenvalue weighted by Gasteiger charge is 2.24. The lowest BCUT2D eigenvalue weighted by Crippen LogP contribution is -2.20. The first kappa shape index (κ1) is 12.3. The lowest BCUT2D eigenvalue weighted by molar-refractivity contribution is 0.0971. The van der Waals surface area contributed by atoms with Gasteiger partial charge in [-0.2, -0.15) is 11.8 Å². The Balaban J connectivity index is 1.85. The van der Waals surface area contributed by atoms with Gasteiger partial charge in [0.15, 0.2) is 5.78 Å². The summed E-state index contributed by atoms with van der Waals surface area (Å²) in [7, 11) is 0. The number of carbonyl (C=O) groups excluding carboxylic acids is 1. The fourth-order valence-electron chi connectivity index (χ4n) is 3.23. The Morgan fingerprint density at radius 3 is 2.89 bits per heavy atom. The van der Waals surface area contributed by atoms with E-state index in [1.54, 1.807) is 0 Å². The molecule has 0 spiro atoms. The maximum atomic E-state index is 11.9. The van der Waals surface area contributed by atoms with Gasteiger partial charge in [-0.3, -0.25) is 4.79 Å². The monoisotopic (exact) mass is 263 g/mol. The van der Waals surface area contributed by atoms with E-state index in [0.717, 1.165) is 37.3 Å². The molecule has 0 N–H and O–H groups in total. The van der Waals surface area contributed by atoms with Gasteiger partial charge in [-0.25, -0.2) is 0 Å². The van der Waals surface area contributed by atoms with Crippen LogP contribution in [0, 0.1) is 12.8 Å². The number of ketones is 1. The summed E-state index contributed by atoms with van der Waals surface area (Å²) in [5.74, 6) is 3.80. The van der Waals surface area contributed by atoms with Gasteiger partial charge in [0.05, 0.1) is 0 Å². The maximum absolute atomic E-state index is 11.9. The lowest BCUT2D eigenvalue weighted by Gasteiger charge is -2.24. The van der Waals surface area contributed by atoms with Crippen LogP contribution >= 0.6 is 11.8 Å². The third kappa shape index (κ3) is 2.25. The normalized spacial score (nSPS) is 21.1. The number of hydrogen-bond acceptors (Lipinski definition) is 2. The molecule has 3 heteroatoms. The molecular formula is C15H21NOS. The molecule has 2 aliphatic rings. The number of rotatable bonds is 2. The molecule has 2 nitrogen and oxygen atoms in total. The largest absolute Gasteiger partial charge is 0.348 e. The molecule has 1 aromatic heterocycles. The number of fused-ring (bicyclic) bond motifs is 1. The Hall–Kier alpha value is -0.700. The van der Waals surface area contributed by atoms with E-state index >= 15 is 0 Å². The van der Waals surface area contributed by atoms with E-state index in [9.17, 15) is 4.79 Å². The first-order valence-electron chi connectivity index (χ1n) is 7.05. The minimum absolute atomic E-state index is 0.359. The van der Waals surface area contributed by atoms with Crippen LogP contribution in [0.4, 0.5) is 0 Å². The average Bonchev–Trinajstić information content (AvgIpc) is 2.70. The summed E-state index contributed by atoms with van der Waals surface area (Å²) in [6.45, 7) is 3.29. The topological polar surface area (TPSA) is 22.0 Å². The van der Waals surface area contributed by atoms with Crippen LogP contribution in [0.5, 0.6) is 0 Å². The van der Waals surface area contributed by atoms with Crippen LogP contribution in [0.2, 0.25) is 0 Å². The van der Waals surface area contributed by atoms with Gasteiger partial charge in [0, 0.05) is 29.9 Å². The van der Waals surface area contributed by atoms with Crippen LogP contribution in [0.3, 0.4) is 0 Å². The Kier molecular flexibility index (Phi) is 3.51. The third-order valence-corrected chi connectivity index (χ3v) is 5.36. The van der Waals surface area contributed by atoms with Crippen molar-refractivity contribution in [3.63, 3.8) is 0 Å². The van der Waals surface area contributed by atoms with Crippen molar-refractivity contribution in [1.82, 2.24) is 4.57 Å². The number of carbonyl (C=O) groups is 1. The smallest absolute Gasteiger partial charge is 0.164 e. The van der Waals surface area contributed by atoms with Crippen molar-refractivity contribution in [1.29, 1.82) is 0 Å². The number of aryl methyl sites for hydroxylation is 1. The molecule has 1 aromatic rings. The van der Waals surface area contributed by atoms with E-state index in [-0.39, 0.29) is 0 Å². The highest BCUT2D eigenvalue weighted by Crippen LogP contribution is 2.29. The highest BCUT2D eigenvalue weighted by molar-refractivity contribution is 7.99. The molecule has 0 bridgehead atoms. The van der Waals surface area contributed by atoms with E-state index in [0.29, 0.717) is 5.78 Å². The van der Waals surface area contributed by atoms with Gasteiger partial charge in [-0.15, -0.1) is 0 Å². The molecule has 0 amide bonds. The molecule has 0 atom stereocenters. The summed E-state index contributed by atoms with van der Waals surface area (Å²) in [6.07, 6.45) is 5.55. The molecule has 18 heavy (non-hydrogen) atoms. The molecular weight excluding hydrogens is 242 g/mol. The van der Waals surface area contributed by atoms with Crippen LogP contribution in [0.15, 0.2) is 6.07 Å². The van der Waals surface area contributed by atoms with Gasteiger partial charge >= 0.3 is 0 Å². The molecule has 1 fully saturated rings. The van der Waals surface area contributed by atoms with Crippen molar-refractivity contribution >= 4 is 17.5 Å². The summed E-state index contributed by atoms with van der Waals surface area (Å²) < 4.78 is 2.44. The molecule has 0 unspecified atom stereocenters. The summed E-state index contributed by atoms with van der Waals surface area (Å²) in [5.41, 5.74) is 3.62. The van der Waals surface area contributed by atoms with Gasteiger partial charge in [-0.05, 0) is 56.1 Å². The van der Waals surface area contributed by atoms with E-state index < -0.39 is 0 Å². The van der Waals surface area contributed by atoms with E-state index in [1.165, 1.54) is 35.7 Å². The number of hydrogen-bond donors (Lipinski definition) is 0. The van der Waals surface area contributed by atoms with Crippen molar-refractivity contribution in [3.05, 3.63) is 23.0 Å². The molecule has 0 radical (unpaired) electrons. The predicted octanol–water partition coefficient (Wildman–Crippen LogP) is 3.46. The molecule has 3 rings (SSSR count). The molecule has 0 saturated carbocycles. The Labute approximate surface area is 113 Å². The summed E-state index contributed by atoms with van der Waals surface area (Å²) >= 11 is 2.08. The van der Waals surface area contributed by atoms with Gasteiger partial charge < -0.3 is 4.57 Å². The molecule has 1 saturated heterocycles. The number of Topliss-reactive ketones (excluding diaryl/α,β-unsaturated/α-hetero) is 1. The number of aromatic nitrogens is 1. The second-order valence-corrected chi connectivity index (χ2v) is 6.81. The average molecular weight is 263 g/mol. The fourth-order valence-corrected chi connectivity index (χ4v) is 4.44. The molecule has 2 heterocycles. The van der Waals surface area contributed by atoms with Crippen LogP contribution < -0.4 is 0 Å². The van der Waals surface area contributed by atoms with Crippen LogP contribution in [-0.4, -0.2) is 21.9 Å². The summed E-state index contributed by atoms with van der Waals surface area (Å²) in [4.78, 5) is 11.9. The van der Waals surface area contributed by atoms with Gasteiger partial charge in [-0.1, -0.05) is 0 Å². The van der Waals surface area contributed by atoms with Crippen molar-refractivity contribution in [2.45, 2.75) is 45.6 Å². The lowest BCUT2D eigenvalue weighted by atomic mass is 9.96. The zero-order chi connectivity index (χ0) is 12.5. The third-order valence-electron chi connectivity index (χ3n) is 4.32. The summed E-state index contributed by atoms with van der Waals surface area (Å²) in [6, 6.07) is 2.12. The molecule has 98 valence electrons. The maximum Gasteiger partial charge on any atom is 0.164 e. The zero-order valence-electron chi connectivity index (χ0n) is 11.1. The van der Waals surface area contributed by atoms with E-state index in [1.807, 2.05) is 0 Å². The second kappa shape index (κ2) is 5.12. The highest BCUT2D eigenvalue weighted by atomic mass is 32.2. The number of thioether (sulfide) groups is 1.